The van der Waals surface area contributed by atoms with E-state index < -0.39 is 9.84 Å². The van der Waals surface area contributed by atoms with E-state index in [9.17, 15) is 13.2 Å². The van der Waals surface area contributed by atoms with E-state index in [1.807, 2.05) is 0 Å². The molecular weight excluding hydrogens is 364 g/mol. The molecule has 20 heavy (non-hydrogen) atoms. The average molecular weight is 377 g/mol. The first kappa shape index (κ1) is 15.4. The summed E-state index contributed by atoms with van der Waals surface area (Å²) in [5, 5.41) is 5.55. The molecule has 1 aromatic rings. The van der Waals surface area contributed by atoms with Crippen molar-refractivity contribution >= 4 is 49.0 Å². The summed E-state index contributed by atoms with van der Waals surface area (Å²) in [4.78, 5) is 11.9. The lowest BCUT2D eigenvalue weighted by Gasteiger charge is -2.14. The van der Waals surface area contributed by atoms with E-state index in [1.165, 1.54) is 0 Å². The van der Waals surface area contributed by atoms with Crippen molar-refractivity contribution in [1.29, 1.82) is 0 Å². The van der Waals surface area contributed by atoms with E-state index in [2.05, 4.69) is 26.6 Å². The molecule has 5 nitrogen and oxygen atoms in total. The lowest BCUT2D eigenvalue weighted by atomic mass is 10.2. The van der Waals surface area contributed by atoms with Crippen LogP contribution >= 0.6 is 28.1 Å². The minimum atomic E-state index is -2.97. The van der Waals surface area contributed by atoms with Crippen LogP contribution in [0.5, 0.6) is 0 Å². The van der Waals surface area contributed by atoms with Crippen molar-refractivity contribution in [2.24, 2.45) is 0 Å². The molecule has 108 valence electrons. The summed E-state index contributed by atoms with van der Waals surface area (Å²) >= 11 is 8.31. The van der Waals surface area contributed by atoms with Gasteiger partial charge in [-0.25, -0.2) is 8.42 Å². The highest BCUT2D eigenvalue weighted by molar-refractivity contribution is 9.10. The van der Waals surface area contributed by atoms with Gasteiger partial charge in [0.15, 0.2) is 14.9 Å². The molecular formula is C12H13BrN2O3S2. The third kappa shape index (κ3) is 4.26. The fraction of sp³-hybridized carbons (Fsp3) is 0.333. The molecule has 0 saturated carbocycles. The Hall–Kier alpha value is -0.990. The third-order valence-electron chi connectivity index (χ3n) is 2.90. The second-order valence-electron chi connectivity index (χ2n) is 4.53. The number of carbonyl (C=O) groups excluding carboxylic acids is 1. The molecule has 1 aromatic carbocycles. The molecule has 0 bridgehead atoms. The summed E-state index contributed by atoms with van der Waals surface area (Å²) in [6.07, 6.45) is 0.511. The molecule has 1 amide bonds. The molecule has 2 rings (SSSR count). The van der Waals surface area contributed by atoms with Gasteiger partial charge in [-0.2, -0.15) is 0 Å². The van der Waals surface area contributed by atoms with Gasteiger partial charge in [0.05, 0.1) is 11.5 Å². The highest BCUT2D eigenvalue weighted by Crippen LogP contribution is 2.12. The van der Waals surface area contributed by atoms with Crippen LogP contribution in [-0.4, -0.2) is 37.0 Å². The molecule has 0 aliphatic carbocycles. The molecule has 1 heterocycles. The molecule has 2 N–H and O–H groups in total. The fourth-order valence-corrected chi connectivity index (χ4v) is 4.10. The second-order valence-corrected chi connectivity index (χ2v) is 8.09. The van der Waals surface area contributed by atoms with E-state index >= 15 is 0 Å². The number of hydrogen-bond donors (Lipinski definition) is 2. The fourth-order valence-electron chi connectivity index (χ4n) is 1.91. The van der Waals surface area contributed by atoms with Crippen LogP contribution in [0.2, 0.25) is 0 Å². The topological polar surface area (TPSA) is 75.3 Å². The third-order valence-corrected chi connectivity index (χ3v) is 5.42. The molecule has 0 spiro atoms. The van der Waals surface area contributed by atoms with Crippen molar-refractivity contribution in [1.82, 2.24) is 10.6 Å². The number of rotatable bonds is 2. The number of nitrogens with one attached hydrogen (secondary N) is 2. The quantitative estimate of drug-likeness (QED) is 0.759. The maximum atomic E-state index is 11.9. The molecule has 0 aromatic heterocycles. The molecule has 1 saturated heterocycles. The largest absolute Gasteiger partial charge is 0.359 e. The highest BCUT2D eigenvalue weighted by atomic mass is 79.9. The van der Waals surface area contributed by atoms with Crippen molar-refractivity contribution in [2.45, 2.75) is 12.5 Å². The Bertz CT molecular complexity index is 629. The van der Waals surface area contributed by atoms with E-state index in [1.54, 1.807) is 24.3 Å². The molecule has 1 fully saturated rings. The number of carbonyl (C=O) groups is 1. The van der Waals surface area contributed by atoms with Gasteiger partial charge in [-0.15, -0.1) is 0 Å². The van der Waals surface area contributed by atoms with Gasteiger partial charge in [0, 0.05) is 16.1 Å². The van der Waals surface area contributed by atoms with Crippen LogP contribution in [0.1, 0.15) is 16.8 Å². The lowest BCUT2D eigenvalue weighted by molar-refractivity contribution is 0.0976. The Labute approximate surface area is 131 Å². The summed E-state index contributed by atoms with van der Waals surface area (Å²) in [5.41, 5.74) is 0.483. The zero-order valence-electron chi connectivity index (χ0n) is 10.4. The number of hydrogen-bond acceptors (Lipinski definition) is 4. The van der Waals surface area contributed by atoms with Gasteiger partial charge in [-0.1, -0.05) is 15.9 Å². The average Bonchev–Trinajstić information content (AvgIpc) is 2.69. The number of sulfone groups is 1. The SMILES string of the molecule is O=C(NC(=S)N[C@H]1CCS(=O)(=O)C1)c1ccc(Br)cc1. The van der Waals surface area contributed by atoms with Gasteiger partial charge in [0.1, 0.15) is 0 Å². The van der Waals surface area contributed by atoms with Crippen LogP contribution in [-0.2, 0) is 9.84 Å². The molecule has 1 aliphatic rings. The van der Waals surface area contributed by atoms with Crippen molar-refractivity contribution in [3.05, 3.63) is 34.3 Å². The van der Waals surface area contributed by atoms with Crippen LogP contribution < -0.4 is 10.6 Å². The van der Waals surface area contributed by atoms with Crippen molar-refractivity contribution in [3.8, 4) is 0 Å². The molecule has 0 unspecified atom stereocenters. The van der Waals surface area contributed by atoms with Crippen LogP contribution in [0.15, 0.2) is 28.7 Å². The zero-order chi connectivity index (χ0) is 14.8. The standard InChI is InChI=1S/C12H13BrN2O3S2/c13-9-3-1-8(2-4-9)11(16)15-12(19)14-10-5-6-20(17,18)7-10/h1-4,10H,5-7H2,(H2,14,15,16,19)/t10-/m0/s1. The predicted molar refractivity (Wildman–Crippen MR) is 84.4 cm³/mol. The molecule has 0 radical (unpaired) electrons. The first-order valence-electron chi connectivity index (χ1n) is 5.93. The molecule has 8 heteroatoms. The van der Waals surface area contributed by atoms with Gasteiger partial charge >= 0.3 is 0 Å². The van der Waals surface area contributed by atoms with Crippen LogP contribution in [0.4, 0.5) is 0 Å². The van der Waals surface area contributed by atoms with Crippen LogP contribution in [0.25, 0.3) is 0 Å². The van der Waals surface area contributed by atoms with Gasteiger partial charge < -0.3 is 5.32 Å². The minimum absolute atomic E-state index is 0.0568. The number of thiocarbonyl (C=S) groups is 1. The lowest BCUT2D eigenvalue weighted by Crippen LogP contribution is -2.44. The van der Waals surface area contributed by atoms with Crippen molar-refractivity contribution in [3.63, 3.8) is 0 Å². The van der Waals surface area contributed by atoms with E-state index in [-0.39, 0.29) is 28.6 Å². The normalized spacial score (nSPS) is 20.4. The van der Waals surface area contributed by atoms with Gasteiger partial charge in [-0.3, -0.25) is 10.1 Å². The summed E-state index contributed by atoms with van der Waals surface area (Å²) in [7, 11) is -2.97. The Morgan fingerprint density at radius 2 is 1.95 bits per heavy atom. The Kier molecular flexibility index (Phi) is 4.77. The zero-order valence-corrected chi connectivity index (χ0v) is 13.6. The molecule has 1 atom stereocenters. The number of amides is 1. The molecule has 1 aliphatic heterocycles. The van der Waals surface area contributed by atoms with Crippen LogP contribution in [0.3, 0.4) is 0 Å². The Morgan fingerprint density at radius 1 is 1.30 bits per heavy atom. The summed E-state index contributed by atoms with van der Waals surface area (Å²) < 4.78 is 23.5. The summed E-state index contributed by atoms with van der Waals surface area (Å²) in [6.45, 7) is 0. The predicted octanol–water partition coefficient (Wildman–Crippen LogP) is 1.24. The second kappa shape index (κ2) is 6.19. The van der Waals surface area contributed by atoms with Gasteiger partial charge in [-0.05, 0) is 42.9 Å². The number of halogens is 1. The van der Waals surface area contributed by atoms with Gasteiger partial charge in [0.2, 0.25) is 0 Å². The highest BCUT2D eigenvalue weighted by Gasteiger charge is 2.28. The Balaban J connectivity index is 1.88. The maximum absolute atomic E-state index is 11.9. The monoisotopic (exact) mass is 376 g/mol. The minimum Gasteiger partial charge on any atom is -0.359 e. The Morgan fingerprint density at radius 3 is 2.50 bits per heavy atom. The summed E-state index contributed by atoms with van der Waals surface area (Å²) in [6, 6.07) is 6.63. The van der Waals surface area contributed by atoms with Gasteiger partial charge in [0.25, 0.3) is 5.91 Å². The first-order valence-corrected chi connectivity index (χ1v) is 8.96. The maximum Gasteiger partial charge on any atom is 0.257 e. The van der Waals surface area contributed by atoms with E-state index in [0.717, 1.165) is 4.47 Å². The summed E-state index contributed by atoms with van der Waals surface area (Å²) in [5.74, 6) is -0.106. The van der Waals surface area contributed by atoms with Crippen molar-refractivity contribution in [2.75, 3.05) is 11.5 Å². The smallest absolute Gasteiger partial charge is 0.257 e. The van der Waals surface area contributed by atoms with E-state index in [4.69, 9.17) is 12.2 Å². The van der Waals surface area contributed by atoms with E-state index in [0.29, 0.717) is 12.0 Å². The van der Waals surface area contributed by atoms with Crippen LogP contribution in [0, 0.1) is 0 Å². The van der Waals surface area contributed by atoms with Crippen molar-refractivity contribution < 1.29 is 13.2 Å². The number of benzene rings is 1. The first-order chi connectivity index (χ1) is 9.35.